The maximum atomic E-state index is 13.4. The summed E-state index contributed by atoms with van der Waals surface area (Å²) in [6.45, 7) is 2.97. The summed E-state index contributed by atoms with van der Waals surface area (Å²) in [6.07, 6.45) is 1.63. The molecule has 2 aromatic carbocycles. The van der Waals surface area contributed by atoms with Crippen LogP contribution in [0.5, 0.6) is 0 Å². The largest absolute Gasteiger partial charge is 0.310 e. The Bertz CT molecular complexity index is 619. The van der Waals surface area contributed by atoms with E-state index in [1.54, 1.807) is 0 Å². The number of fused-ring (bicyclic) bond motifs is 1. The van der Waals surface area contributed by atoms with Gasteiger partial charge < -0.3 is 5.32 Å². The van der Waals surface area contributed by atoms with Gasteiger partial charge in [-0.3, -0.25) is 0 Å². The van der Waals surface area contributed by atoms with Crippen LogP contribution in [0.2, 0.25) is 0 Å². The van der Waals surface area contributed by atoms with E-state index in [0.29, 0.717) is 12.3 Å². The summed E-state index contributed by atoms with van der Waals surface area (Å²) in [5, 5.41) is 3.51. The Labute approximate surface area is 124 Å². The van der Waals surface area contributed by atoms with Gasteiger partial charge in [0.15, 0.2) is 0 Å². The zero-order chi connectivity index (χ0) is 14.8. The molecule has 0 saturated heterocycles. The fourth-order valence-electron chi connectivity index (χ4n) is 3.40. The summed E-state index contributed by atoms with van der Waals surface area (Å²) < 4.78 is 26.7. The highest BCUT2D eigenvalue weighted by molar-refractivity contribution is 5.36. The summed E-state index contributed by atoms with van der Waals surface area (Å²) in [5.74, 6) is -0.662. The summed E-state index contributed by atoms with van der Waals surface area (Å²) >= 11 is 0. The van der Waals surface area contributed by atoms with Crippen LogP contribution in [0.25, 0.3) is 0 Å². The Morgan fingerprint density at radius 3 is 2.52 bits per heavy atom. The summed E-state index contributed by atoms with van der Waals surface area (Å²) in [5.41, 5.74) is 3.39. The smallest absolute Gasteiger partial charge is 0.126 e. The van der Waals surface area contributed by atoms with Crippen LogP contribution in [0, 0.1) is 17.6 Å². The van der Waals surface area contributed by atoms with Crippen LogP contribution in [-0.4, -0.2) is 6.54 Å². The van der Waals surface area contributed by atoms with Gasteiger partial charge in [-0.25, -0.2) is 8.78 Å². The third-order valence-electron chi connectivity index (χ3n) is 4.19. The normalized spacial score (nSPS) is 20.5. The minimum atomic E-state index is -0.500. The van der Waals surface area contributed by atoms with Crippen molar-refractivity contribution in [3.8, 4) is 0 Å². The number of nitrogens with one attached hydrogen (secondary N) is 1. The maximum Gasteiger partial charge on any atom is 0.126 e. The molecule has 3 heteroatoms. The molecule has 1 aliphatic rings. The lowest BCUT2D eigenvalue weighted by Gasteiger charge is -2.21. The van der Waals surface area contributed by atoms with Crippen molar-refractivity contribution in [3.05, 3.63) is 70.8 Å². The predicted octanol–water partition coefficient (Wildman–Crippen LogP) is 4.03. The van der Waals surface area contributed by atoms with E-state index in [0.717, 1.165) is 24.6 Å². The van der Waals surface area contributed by atoms with Gasteiger partial charge in [-0.1, -0.05) is 31.2 Å². The molecule has 1 N–H and O–H groups in total. The van der Waals surface area contributed by atoms with Crippen LogP contribution in [0.15, 0.2) is 42.5 Å². The van der Waals surface area contributed by atoms with Crippen molar-refractivity contribution < 1.29 is 8.78 Å². The third-order valence-corrected chi connectivity index (χ3v) is 4.19. The molecular weight excluding hydrogens is 268 g/mol. The molecule has 0 amide bonds. The van der Waals surface area contributed by atoms with Crippen LogP contribution in [-0.2, 0) is 12.8 Å². The van der Waals surface area contributed by atoms with Crippen LogP contribution < -0.4 is 5.32 Å². The number of hydrogen-bond acceptors (Lipinski definition) is 1. The summed E-state index contributed by atoms with van der Waals surface area (Å²) in [7, 11) is 0. The zero-order valence-corrected chi connectivity index (χ0v) is 12.1. The van der Waals surface area contributed by atoms with E-state index in [2.05, 4.69) is 24.4 Å². The molecule has 0 heterocycles. The maximum absolute atomic E-state index is 13.4. The molecule has 1 nitrogen and oxygen atoms in total. The molecule has 0 radical (unpaired) electrons. The second-order valence-corrected chi connectivity index (χ2v) is 5.68. The molecule has 0 aromatic heterocycles. The van der Waals surface area contributed by atoms with Crippen molar-refractivity contribution in [3.63, 3.8) is 0 Å². The number of benzene rings is 2. The number of hydrogen-bond donors (Lipinski definition) is 1. The minimum Gasteiger partial charge on any atom is -0.310 e. The molecule has 21 heavy (non-hydrogen) atoms. The Hall–Kier alpha value is -1.74. The highest BCUT2D eigenvalue weighted by atomic mass is 19.1. The molecular formula is C18H19F2N. The van der Waals surface area contributed by atoms with Crippen LogP contribution in [0.1, 0.15) is 29.7 Å². The highest BCUT2D eigenvalue weighted by Crippen LogP contribution is 2.37. The van der Waals surface area contributed by atoms with Gasteiger partial charge >= 0.3 is 0 Å². The molecule has 0 spiro atoms. The van der Waals surface area contributed by atoms with Gasteiger partial charge in [0.05, 0.1) is 0 Å². The zero-order valence-electron chi connectivity index (χ0n) is 12.1. The molecule has 0 bridgehead atoms. The predicted molar refractivity (Wildman–Crippen MR) is 80.1 cm³/mol. The first-order valence-electron chi connectivity index (χ1n) is 7.43. The molecule has 3 rings (SSSR count). The molecule has 2 unspecified atom stereocenters. The lowest BCUT2D eigenvalue weighted by molar-refractivity contribution is 0.392. The van der Waals surface area contributed by atoms with Gasteiger partial charge in [0.25, 0.3) is 0 Å². The van der Waals surface area contributed by atoms with Gasteiger partial charge in [0.1, 0.15) is 11.6 Å². The molecule has 2 atom stereocenters. The van der Waals surface area contributed by atoms with Crippen molar-refractivity contribution >= 4 is 0 Å². The van der Waals surface area contributed by atoms with Crippen molar-refractivity contribution in [1.82, 2.24) is 5.32 Å². The van der Waals surface area contributed by atoms with E-state index in [4.69, 9.17) is 0 Å². The van der Waals surface area contributed by atoms with Gasteiger partial charge in [-0.2, -0.15) is 0 Å². The number of halogens is 2. The third kappa shape index (κ3) is 2.98. The second kappa shape index (κ2) is 5.94. The van der Waals surface area contributed by atoms with Gasteiger partial charge in [0.2, 0.25) is 0 Å². The fraction of sp³-hybridized carbons (Fsp3) is 0.333. The topological polar surface area (TPSA) is 12.0 Å². The molecule has 2 aromatic rings. The van der Waals surface area contributed by atoms with E-state index >= 15 is 0 Å². The van der Waals surface area contributed by atoms with Crippen LogP contribution in [0.3, 0.4) is 0 Å². The Balaban J connectivity index is 1.85. The van der Waals surface area contributed by atoms with Crippen LogP contribution in [0.4, 0.5) is 8.78 Å². The monoisotopic (exact) mass is 287 g/mol. The quantitative estimate of drug-likeness (QED) is 0.895. The first-order chi connectivity index (χ1) is 10.2. The first-order valence-corrected chi connectivity index (χ1v) is 7.43. The van der Waals surface area contributed by atoms with E-state index in [9.17, 15) is 8.78 Å². The van der Waals surface area contributed by atoms with Gasteiger partial charge in [-0.05, 0) is 54.1 Å². The van der Waals surface area contributed by atoms with Gasteiger partial charge in [-0.15, -0.1) is 0 Å². The molecule has 0 aliphatic heterocycles. The Morgan fingerprint density at radius 2 is 1.81 bits per heavy atom. The van der Waals surface area contributed by atoms with E-state index in [-0.39, 0.29) is 6.04 Å². The molecule has 1 aliphatic carbocycles. The lowest BCUT2D eigenvalue weighted by atomic mass is 9.92. The van der Waals surface area contributed by atoms with Crippen LogP contribution >= 0.6 is 0 Å². The standard InChI is InChI=1S/C18H19F2N/c1-2-21-18-14(10-13-5-3-4-6-17(13)18)7-12-8-15(19)11-16(20)9-12/h3-6,8-9,11,14,18,21H,2,7,10H2,1H3. The SMILES string of the molecule is CCNC1c2ccccc2CC1Cc1cc(F)cc(F)c1. The molecule has 0 saturated carbocycles. The van der Waals surface area contributed by atoms with Gasteiger partial charge in [0, 0.05) is 12.1 Å². The number of rotatable bonds is 4. The minimum absolute atomic E-state index is 0.262. The average molecular weight is 287 g/mol. The highest BCUT2D eigenvalue weighted by Gasteiger charge is 2.31. The van der Waals surface area contributed by atoms with Crippen molar-refractivity contribution in [2.75, 3.05) is 6.54 Å². The lowest BCUT2D eigenvalue weighted by Crippen LogP contribution is -2.26. The van der Waals surface area contributed by atoms with Crippen molar-refractivity contribution in [2.24, 2.45) is 5.92 Å². The van der Waals surface area contributed by atoms with E-state index in [1.165, 1.54) is 23.3 Å². The first kappa shape index (κ1) is 14.2. The van der Waals surface area contributed by atoms with Crippen molar-refractivity contribution in [1.29, 1.82) is 0 Å². The Morgan fingerprint density at radius 1 is 1.10 bits per heavy atom. The van der Waals surface area contributed by atoms with E-state index in [1.807, 2.05) is 12.1 Å². The summed E-state index contributed by atoms with van der Waals surface area (Å²) in [6, 6.07) is 12.5. The molecule has 110 valence electrons. The summed E-state index contributed by atoms with van der Waals surface area (Å²) in [4.78, 5) is 0. The fourth-order valence-corrected chi connectivity index (χ4v) is 3.40. The molecule has 0 fully saturated rings. The van der Waals surface area contributed by atoms with Crippen molar-refractivity contribution in [2.45, 2.75) is 25.8 Å². The second-order valence-electron chi connectivity index (χ2n) is 5.68. The average Bonchev–Trinajstić information content (AvgIpc) is 2.76. The Kier molecular flexibility index (Phi) is 4.02. The van der Waals surface area contributed by atoms with E-state index < -0.39 is 11.6 Å².